The van der Waals surface area contributed by atoms with E-state index in [1.54, 1.807) is 14.1 Å². The fourth-order valence-electron chi connectivity index (χ4n) is 4.24. The molecule has 2 saturated heterocycles. The van der Waals surface area contributed by atoms with Gasteiger partial charge in [0.25, 0.3) is 5.91 Å². The summed E-state index contributed by atoms with van der Waals surface area (Å²) in [5, 5.41) is 0.807. The van der Waals surface area contributed by atoms with Crippen molar-refractivity contribution in [2.24, 2.45) is 5.92 Å². The molecule has 2 aliphatic heterocycles. The van der Waals surface area contributed by atoms with Crippen molar-refractivity contribution in [3.05, 3.63) is 22.7 Å². The molecule has 2 fully saturated rings. The number of piperidine rings is 1. The van der Waals surface area contributed by atoms with Gasteiger partial charge in [0.2, 0.25) is 5.91 Å². The van der Waals surface area contributed by atoms with E-state index < -0.39 is 0 Å². The van der Waals surface area contributed by atoms with E-state index in [-0.39, 0.29) is 23.8 Å². The Morgan fingerprint density at radius 1 is 1.21 bits per heavy atom. The predicted molar refractivity (Wildman–Crippen MR) is 114 cm³/mol. The van der Waals surface area contributed by atoms with Gasteiger partial charge in [-0.25, -0.2) is 4.98 Å². The summed E-state index contributed by atoms with van der Waals surface area (Å²) in [5.41, 5.74) is 7.60. The molecule has 0 spiro atoms. The Morgan fingerprint density at radius 2 is 1.97 bits per heavy atom. The van der Waals surface area contributed by atoms with E-state index in [1.807, 2.05) is 17.0 Å². The Hall–Kier alpha value is -2.19. The van der Waals surface area contributed by atoms with Gasteiger partial charge in [0.1, 0.15) is 9.71 Å². The fraction of sp³-hybridized carbons (Fsp3) is 0.571. The minimum absolute atomic E-state index is 0.0141. The van der Waals surface area contributed by atoms with E-state index in [2.05, 4.69) is 0 Å². The number of thiophene rings is 1. The van der Waals surface area contributed by atoms with Gasteiger partial charge in [0.05, 0.1) is 17.4 Å². The first-order valence-corrected chi connectivity index (χ1v) is 11.1. The Kier molecular flexibility index (Phi) is 5.74. The van der Waals surface area contributed by atoms with Gasteiger partial charge < -0.3 is 20.3 Å². The van der Waals surface area contributed by atoms with Crippen LogP contribution in [0.5, 0.6) is 0 Å². The molecule has 7 nitrogen and oxygen atoms in total. The lowest BCUT2D eigenvalue weighted by Gasteiger charge is -2.38. The molecule has 0 bridgehead atoms. The van der Waals surface area contributed by atoms with Gasteiger partial charge >= 0.3 is 0 Å². The lowest BCUT2D eigenvalue weighted by Crippen LogP contribution is -2.43. The maximum atomic E-state index is 13.2. The minimum Gasteiger partial charge on any atom is -0.397 e. The molecule has 156 valence electrons. The van der Waals surface area contributed by atoms with Crippen molar-refractivity contribution >= 4 is 39.1 Å². The van der Waals surface area contributed by atoms with Crippen molar-refractivity contribution in [1.29, 1.82) is 0 Å². The molecule has 4 heterocycles. The van der Waals surface area contributed by atoms with E-state index in [0.717, 1.165) is 54.6 Å². The fourth-order valence-corrected chi connectivity index (χ4v) is 5.36. The van der Waals surface area contributed by atoms with Crippen molar-refractivity contribution in [3.63, 3.8) is 0 Å². The van der Waals surface area contributed by atoms with Crippen molar-refractivity contribution in [1.82, 2.24) is 14.8 Å². The number of nitrogens with zero attached hydrogens (tertiary/aromatic N) is 3. The van der Waals surface area contributed by atoms with Crippen LogP contribution in [0.2, 0.25) is 0 Å². The van der Waals surface area contributed by atoms with Crippen LogP contribution in [0.15, 0.2) is 12.1 Å². The normalized spacial score (nSPS) is 20.8. The summed E-state index contributed by atoms with van der Waals surface area (Å²) < 4.78 is 5.42. The molecule has 8 heteroatoms. The monoisotopic (exact) mass is 416 g/mol. The number of aromatic nitrogens is 1. The molecule has 2 aliphatic rings. The maximum Gasteiger partial charge on any atom is 0.265 e. The maximum absolute atomic E-state index is 13.2. The molecule has 1 unspecified atom stereocenters. The Balaban J connectivity index is 1.64. The van der Waals surface area contributed by atoms with Crippen molar-refractivity contribution < 1.29 is 14.3 Å². The van der Waals surface area contributed by atoms with Crippen LogP contribution in [0.1, 0.15) is 53.5 Å². The number of nitrogens with two attached hydrogens (primary N) is 1. The summed E-state index contributed by atoms with van der Waals surface area (Å²) in [6.45, 7) is 2.10. The quantitative estimate of drug-likeness (QED) is 0.831. The summed E-state index contributed by atoms with van der Waals surface area (Å²) >= 11 is 1.33. The van der Waals surface area contributed by atoms with Crippen LogP contribution in [0.4, 0.5) is 5.69 Å². The topological polar surface area (TPSA) is 88.8 Å². The standard InChI is InChI=1S/C21H28N4O3S/c1-24(2)21(27)18-17(22)14-6-7-15(23-19(14)29-18)16-5-3-4-10-25(16)20(26)13-8-11-28-12-9-13/h6-7,13,16H,3-5,8-12,22H2,1-2H3. The summed E-state index contributed by atoms with van der Waals surface area (Å²) in [5.74, 6) is 0.171. The van der Waals surface area contributed by atoms with Gasteiger partial charge in [0, 0.05) is 45.2 Å². The average Bonchev–Trinajstić information content (AvgIpc) is 3.09. The molecule has 0 aliphatic carbocycles. The summed E-state index contributed by atoms with van der Waals surface area (Å²) in [7, 11) is 3.43. The number of pyridine rings is 1. The molecule has 29 heavy (non-hydrogen) atoms. The number of rotatable bonds is 3. The van der Waals surface area contributed by atoms with Gasteiger partial charge in [-0.15, -0.1) is 11.3 Å². The Labute approximate surface area is 174 Å². The first-order valence-electron chi connectivity index (χ1n) is 10.3. The first-order chi connectivity index (χ1) is 14.0. The Morgan fingerprint density at radius 3 is 2.69 bits per heavy atom. The zero-order valence-electron chi connectivity index (χ0n) is 17.0. The molecule has 2 aromatic heterocycles. The average molecular weight is 417 g/mol. The van der Waals surface area contributed by atoms with Crippen LogP contribution in [-0.2, 0) is 9.53 Å². The molecule has 0 saturated carbocycles. The van der Waals surface area contributed by atoms with Crippen molar-refractivity contribution in [3.8, 4) is 0 Å². The number of anilines is 1. The van der Waals surface area contributed by atoms with Crippen molar-refractivity contribution in [2.45, 2.75) is 38.1 Å². The Bertz CT molecular complexity index is 920. The van der Waals surface area contributed by atoms with Crippen LogP contribution in [0, 0.1) is 5.92 Å². The minimum atomic E-state index is -0.110. The van der Waals surface area contributed by atoms with Crippen LogP contribution in [-0.4, -0.2) is 60.5 Å². The smallest absolute Gasteiger partial charge is 0.265 e. The van der Waals surface area contributed by atoms with E-state index >= 15 is 0 Å². The van der Waals surface area contributed by atoms with Crippen molar-refractivity contribution in [2.75, 3.05) is 39.6 Å². The second-order valence-corrected chi connectivity index (χ2v) is 9.06. The van der Waals surface area contributed by atoms with E-state index in [9.17, 15) is 9.59 Å². The zero-order chi connectivity index (χ0) is 20.5. The van der Waals surface area contributed by atoms with E-state index in [4.69, 9.17) is 15.5 Å². The summed E-state index contributed by atoms with van der Waals surface area (Å²) in [4.78, 5) is 35.3. The van der Waals surface area contributed by atoms with E-state index in [0.29, 0.717) is 23.8 Å². The number of fused-ring (bicyclic) bond motifs is 1. The summed E-state index contributed by atoms with van der Waals surface area (Å²) in [6, 6.07) is 3.90. The van der Waals surface area contributed by atoms with E-state index in [1.165, 1.54) is 16.2 Å². The SMILES string of the molecule is CN(C)C(=O)c1sc2nc(C3CCCCN3C(=O)C3CCOCC3)ccc2c1N. The number of amides is 2. The molecule has 2 N–H and O–H groups in total. The first kappa shape index (κ1) is 20.1. The third-order valence-electron chi connectivity index (χ3n) is 5.91. The molecule has 4 rings (SSSR count). The molecule has 0 radical (unpaired) electrons. The third kappa shape index (κ3) is 3.83. The van der Waals surface area contributed by atoms with Gasteiger partial charge in [0.15, 0.2) is 0 Å². The molecule has 0 aromatic carbocycles. The highest BCUT2D eigenvalue weighted by Gasteiger charge is 2.34. The van der Waals surface area contributed by atoms with Gasteiger partial charge in [-0.2, -0.15) is 0 Å². The zero-order valence-corrected chi connectivity index (χ0v) is 17.8. The summed E-state index contributed by atoms with van der Waals surface area (Å²) in [6.07, 6.45) is 4.62. The van der Waals surface area contributed by atoms with Crippen LogP contribution in [0.3, 0.4) is 0 Å². The number of ether oxygens (including phenoxy) is 1. The second-order valence-electron chi connectivity index (χ2n) is 8.06. The molecular weight excluding hydrogens is 388 g/mol. The lowest BCUT2D eigenvalue weighted by molar-refractivity contribution is -0.142. The number of hydrogen-bond acceptors (Lipinski definition) is 6. The van der Waals surface area contributed by atoms with Gasteiger partial charge in [-0.05, 0) is 44.2 Å². The highest BCUT2D eigenvalue weighted by atomic mass is 32.1. The lowest BCUT2D eigenvalue weighted by atomic mass is 9.93. The van der Waals surface area contributed by atoms with Gasteiger partial charge in [-0.3, -0.25) is 9.59 Å². The number of hydrogen-bond donors (Lipinski definition) is 1. The largest absolute Gasteiger partial charge is 0.397 e. The highest BCUT2D eigenvalue weighted by Crippen LogP contribution is 2.37. The molecule has 2 amide bonds. The van der Waals surface area contributed by atoms with Gasteiger partial charge in [-0.1, -0.05) is 0 Å². The van der Waals surface area contributed by atoms with Crippen LogP contribution < -0.4 is 5.73 Å². The molecule has 2 aromatic rings. The predicted octanol–water partition coefficient (Wildman–Crippen LogP) is 3.06. The second kappa shape index (κ2) is 8.28. The molecular formula is C21H28N4O3S. The van der Waals surface area contributed by atoms with Crippen LogP contribution in [0.25, 0.3) is 10.2 Å². The number of carbonyl (C=O) groups is 2. The highest BCUT2D eigenvalue weighted by molar-refractivity contribution is 7.21. The van der Waals surface area contributed by atoms with Crippen LogP contribution >= 0.6 is 11.3 Å². The number of nitrogen functional groups attached to an aromatic ring is 1. The molecule has 1 atom stereocenters. The third-order valence-corrected chi connectivity index (χ3v) is 7.02. The number of likely N-dealkylation sites (tertiary alicyclic amines) is 1. The number of carbonyl (C=O) groups excluding carboxylic acids is 2.